The van der Waals surface area contributed by atoms with Crippen molar-refractivity contribution in [3.63, 3.8) is 0 Å². The molecule has 0 bridgehead atoms. The Morgan fingerprint density at radius 3 is 1.88 bits per heavy atom. The average molecular weight is 377 g/mol. The Morgan fingerprint density at radius 1 is 0.875 bits per heavy atom. The molecule has 6 nitrogen and oxygen atoms in total. The molecule has 2 aromatic rings. The van der Waals surface area contributed by atoms with Gasteiger partial charge in [-0.05, 0) is 23.3 Å². The lowest BCUT2D eigenvalue weighted by atomic mass is 10.1. The van der Waals surface area contributed by atoms with Gasteiger partial charge in [0.05, 0.1) is 4.90 Å². The number of alkyl halides is 2. The summed E-state index contributed by atoms with van der Waals surface area (Å²) in [6, 6.07) is 14.1. The van der Waals surface area contributed by atoms with Gasteiger partial charge < -0.3 is 4.55 Å². The lowest BCUT2D eigenvalue weighted by Gasteiger charge is -2.19. The van der Waals surface area contributed by atoms with Crippen LogP contribution >= 0.6 is 0 Å². The van der Waals surface area contributed by atoms with Crippen LogP contribution in [-0.2, 0) is 24.4 Å². The minimum Gasteiger partial charge on any atom is -0.743 e. The van der Waals surface area contributed by atoms with E-state index < -0.39 is 37.0 Å². The molecule has 0 fully saturated rings. The number of hydrogen-bond acceptors (Lipinski definition) is 6. The molecule has 0 N–H and O–H groups in total. The summed E-state index contributed by atoms with van der Waals surface area (Å²) >= 11 is 0. The van der Waals surface area contributed by atoms with Crippen LogP contribution in [0, 0.1) is 0 Å². The van der Waals surface area contributed by atoms with Crippen LogP contribution in [0.25, 0.3) is 11.1 Å². The standard InChI is InChI=1S/C14H12F2O6S2/c15-14(16,24(19,20)21)10-22-23(17,18)13-8-6-12(7-9-13)11-4-2-1-3-5-11/h1-9H,10H2,(H,19,20,21)/p-1. The van der Waals surface area contributed by atoms with Crippen molar-refractivity contribution in [2.75, 3.05) is 6.61 Å². The van der Waals surface area contributed by atoms with E-state index in [1.54, 1.807) is 30.3 Å². The molecule has 130 valence electrons. The van der Waals surface area contributed by atoms with E-state index >= 15 is 0 Å². The molecule has 10 heteroatoms. The summed E-state index contributed by atoms with van der Waals surface area (Å²) < 4.78 is 84.5. The van der Waals surface area contributed by atoms with Crippen molar-refractivity contribution in [2.45, 2.75) is 10.2 Å². The van der Waals surface area contributed by atoms with Crippen LogP contribution in [0.1, 0.15) is 0 Å². The third-order valence-corrected chi connectivity index (χ3v) is 5.13. The monoisotopic (exact) mass is 377 g/mol. The molecule has 0 radical (unpaired) electrons. The zero-order valence-electron chi connectivity index (χ0n) is 11.9. The molecule has 0 amide bonds. The second-order valence-corrected chi connectivity index (χ2v) is 7.82. The molecule has 0 aliphatic rings. The molecule has 2 aromatic carbocycles. The van der Waals surface area contributed by atoms with Gasteiger partial charge in [0.25, 0.3) is 10.1 Å². The summed E-state index contributed by atoms with van der Waals surface area (Å²) in [4.78, 5) is -0.443. The molecule has 0 atom stereocenters. The summed E-state index contributed by atoms with van der Waals surface area (Å²) in [5.74, 6) is 0. The van der Waals surface area contributed by atoms with Crippen LogP contribution in [0.4, 0.5) is 8.78 Å². The summed E-state index contributed by atoms with van der Waals surface area (Å²) in [5, 5.41) is -4.84. The highest BCUT2D eigenvalue weighted by atomic mass is 32.2. The van der Waals surface area contributed by atoms with Gasteiger partial charge in [-0.3, -0.25) is 4.18 Å². The maximum Gasteiger partial charge on any atom is 0.358 e. The fourth-order valence-corrected chi connectivity index (χ4v) is 2.92. The van der Waals surface area contributed by atoms with Crippen molar-refractivity contribution in [3.05, 3.63) is 54.6 Å². The Bertz CT molecular complexity index is 907. The Balaban J connectivity index is 2.19. The highest BCUT2D eigenvalue weighted by Gasteiger charge is 2.40. The topological polar surface area (TPSA) is 101 Å². The molecule has 24 heavy (non-hydrogen) atoms. The summed E-state index contributed by atoms with van der Waals surface area (Å²) in [7, 11) is -10.7. The van der Waals surface area contributed by atoms with Crippen LogP contribution in [0.3, 0.4) is 0 Å². The Hall–Kier alpha value is -1.88. The van der Waals surface area contributed by atoms with Crippen molar-refractivity contribution in [3.8, 4) is 11.1 Å². The molecule has 0 heterocycles. The van der Waals surface area contributed by atoms with E-state index in [1.807, 2.05) is 0 Å². The van der Waals surface area contributed by atoms with Crippen molar-refractivity contribution in [1.29, 1.82) is 0 Å². The first-order chi connectivity index (χ1) is 11.0. The van der Waals surface area contributed by atoms with Gasteiger partial charge in [0.2, 0.25) is 0 Å². The van der Waals surface area contributed by atoms with Crippen LogP contribution in [0.2, 0.25) is 0 Å². The molecule has 0 aromatic heterocycles. The molecule has 0 saturated heterocycles. The number of halogens is 2. The second kappa shape index (κ2) is 6.55. The SMILES string of the molecule is O=S(=O)(OCC(F)(F)S(=O)(=O)[O-])c1ccc(-c2ccccc2)cc1. The van der Waals surface area contributed by atoms with Gasteiger partial charge in [0.1, 0.15) is 6.61 Å². The normalized spacial score (nSPS) is 13.0. The van der Waals surface area contributed by atoms with Gasteiger partial charge >= 0.3 is 5.25 Å². The third kappa shape index (κ3) is 4.15. The smallest absolute Gasteiger partial charge is 0.358 e. The maximum absolute atomic E-state index is 13.0. The quantitative estimate of drug-likeness (QED) is 0.565. The van der Waals surface area contributed by atoms with Crippen LogP contribution in [0.5, 0.6) is 0 Å². The largest absolute Gasteiger partial charge is 0.743 e. The van der Waals surface area contributed by atoms with E-state index in [1.165, 1.54) is 12.1 Å². The molecular formula is C14H11F2O6S2-. The van der Waals surface area contributed by atoms with Crippen molar-refractivity contribution in [1.82, 2.24) is 0 Å². The summed E-state index contributed by atoms with van der Waals surface area (Å²) in [5.41, 5.74) is 1.49. The zero-order valence-corrected chi connectivity index (χ0v) is 13.6. The van der Waals surface area contributed by atoms with Crippen LogP contribution in [-0.4, -0.2) is 33.2 Å². The maximum atomic E-state index is 13.0. The van der Waals surface area contributed by atoms with Gasteiger partial charge in [-0.2, -0.15) is 17.2 Å². The molecule has 0 aliphatic carbocycles. The van der Waals surface area contributed by atoms with Crippen molar-refractivity contribution in [2.24, 2.45) is 0 Å². The van der Waals surface area contributed by atoms with Gasteiger partial charge in [-0.15, -0.1) is 0 Å². The predicted molar refractivity (Wildman–Crippen MR) is 79.7 cm³/mol. The van der Waals surface area contributed by atoms with E-state index in [9.17, 15) is 30.2 Å². The Labute approximate surface area is 137 Å². The van der Waals surface area contributed by atoms with Crippen molar-refractivity contribution >= 4 is 20.2 Å². The summed E-state index contributed by atoms with van der Waals surface area (Å²) in [6.07, 6.45) is 0. The third-order valence-electron chi connectivity index (χ3n) is 3.00. The van der Waals surface area contributed by atoms with E-state index in [0.717, 1.165) is 17.7 Å². The summed E-state index contributed by atoms with van der Waals surface area (Å²) in [6.45, 7) is -2.08. The first kappa shape index (κ1) is 18.5. The van der Waals surface area contributed by atoms with E-state index in [2.05, 4.69) is 4.18 Å². The zero-order chi connectivity index (χ0) is 18.0. The lowest BCUT2D eigenvalue weighted by molar-refractivity contribution is 0.0303. The van der Waals surface area contributed by atoms with Crippen LogP contribution in [0.15, 0.2) is 59.5 Å². The molecule has 2 rings (SSSR count). The molecule has 0 spiro atoms. The number of rotatable bonds is 6. The van der Waals surface area contributed by atoms with E-state index in [-0.39, 0.29) is 0 Å². The Kier molecular flexibility index (Phi) is 5.04. The first-order valence-corrected chi connectivity index (χ1v) is 9.23. The molecule has 0 unspecified atom stereocenters. The lowest BCUT2D eigenvalue weighted by Crippen LogP contribution is -2.34. The van der Waals surface area contributed by atoms with E-state index in [4.69, 9.17) is 0 Å². The van der Waals surface area contributed by atoms with Gasteiger partial charge in [0, 0.05) is 0 Å². The second-order valence-electron chi connectivity index (χ2n) is 4.70. The highest BCUT2D eigenvalue weighted by molar-refractivity contribution is 7.87. The minimum absolute atomic E-state index is 0.443. The average Bonchev–Trinajstić information content (AvgIpc) is 2.53. The van der Waals surface area contributed by atoms with Crippen molar-refractivity contribution < 1.29 is 34.4 Å². The predicted octanol–water partition coefficient (Wildman–Crippen LogP) is 2.20. The van der Waals surface area contributed by atoms with Gasteiger partial charge in [-0.1, -0.05) is 42.5 Å². The number of benzene rings is 2. The molecule has 0 aliphatic heterocycles. The van der Waals surface area contributed by atoms with Gasteiger partial charge in [-0.25, -0.2) is 8.42 Å². The highest BCUT2D eigenvalue weighted by Crippen LogP contribution is 2.25. The van der Waals surface area contributed by atoms with Gasteiger partial charge in [0.15, 0.2) is 10.1 Å². The fraction of sp³-hybridized carbons (Fsp3) is 0.143. The molecule has 0 saturated carbocycles. The first-order valence-electron chi connectivity index (χ1n) is 6.41. The molecular weight excluding hydrogens is 366 g/mol. The minimum atomic E-state index is -6.02. The number of hydrogen-bond donors (Lipinski definition) is 0. The van der Waals surface area contributed by atoms with Crippen LogP contribution < -0.4 is 0 Å². The Morgan fingerprint density at radius 2 is 1.38 bits per heavy atom. The van der Waals surface area contributed by atoms with E-state index in [0.29, 0.717) is 5.56 Å². The fourth-order valence-electron chi connectivity index (χ4n) is 1.73.